The zero-order valence-corrected chi connectivity index (χ0v) is 20.7. The first kappa shape index (κ1) is 28.9. The molecule has 5 heteroatoms. The molecular weight excluding hydrogens is 416 g/mol. The molecule has 0 unspecified atom stereocenters. The van der Waals surface area contributed by atoms with Crippen LogP contribution in [0.1, 0.15) is 123 Å². The second-order valence-electron chi connectivity index (χ2n) is 8.78. The topological polar surface area (TPSA) is 83.8 Å². The summed E-state index contributed by atoms with van der Waals surface area (Å²) in [5.74, 6) is -2.28. The second-order valence-corrected chi connectivity index (χ2v) is 8.78. The molecule has 5 nitrogen and oxygen atoms in total. The predicted molar refractivity (Wildman–Crippen MR) is 134 cm³/mol. The summed E-state index contributed by atoms with van der Waals surface area (Å²) in [6.45, 7) is 6.02. The number of benzene rings is 1. The number of aryl methyl sites for hydroxylation is 1. The Morgan fingerprint density at radius 3 is 1.70 bits per heavy atom. The lowest BCUT2D eigenvalue weighted by Gasteiger charge is -2.15. The van der Waals surface area contributed by atoms with Gasteiger partial charge in [-0.25, -0.2) is 9.59 Å². The van der Waals surface area contributed by atoms with Gasteiger partial charge in [-0.3, -0.25) is 0 Å². The molecule has 2 rings (SSSR count). The van der Waals surface area contributed by atoms with Crippen LogP contribution in [0.4, 0.5) is 0 Å². The van der Waals surface area contributed by atoms with E-state index in [1.54, 1.807) is 0 Å². The number of hydrogen-bond donors (Lipinski definition) is 2. The van der Waals surface area contributed by atoms with E-state index in [-0.39, 0.29) is 11.1 Å². The molecule has 0 saturated heterocycles. The Bertz CT molecular complexity index is 717. The van der Waals surface area contributed by atoms with E-state index in [1.165, 1.54) is 51.0 Å². The van der Waals surface area contributed by atoms with Gasteiger partial charge in [0.15, 0.2) is 0 Å². The number of carboxylic acids is 2. The highest BCUT2D eigenvalue weighted by molar-refractivity contribution is 6.03. The van der Waals surface area contributed by atoms with Crippen LogP contribution in [-0.4, -0.2) is 35.4 Å². The van der Waals surface area contributed by atoms with Crippen molar-refractivity contribution in [3.05, 3.63) is 46.5 Å². The van der Waals surface area contributed by atoms with Crippen LogP contribution < -0.4 is 0 Å². The summed E-state index contributed by atoms with van der Waals surface area (Å²) in [6, 6.07) is 3.32. The van der Waals surface area contributed by atoms with E-state index < -0.39 is 11.9 Å². The zero-order valence-electron chi connectivity index (χ0n) is 20.7. The van der Waals surface area contributed by atoms with Gasteiger partial charge in [0.05, 0.1) is 24.3 Å². The largest absolute Gasteiger partial charge is 0.478 e. The van der Waals surface area contributed by atoms with E-state index in [0.29, 0.717) is 6.42 Å². The van der Waals surface area contributed by atoms with Crippen LogP contribution in [-0.2, 0) is 17.6 Å². The summed E-state index contributed by atoms with van der Waals surface area (Å²) in [6.07, 6.45) is 19.4. The summed E-state index contributed by atoms with van der Waals surface area (Å²) in [7, 11) is 0. The van der Waals surface area contributed by atoms with Crippen molar-refractivity contribution in [3.8, 4) is 0 Å². The lowest BCUT2D eigenvalue weighted by atomic mass is 9.89. The van der Waals surface area contributed by atoms with Gasteiger partial charge in [-0.05, 0) is 42.9 Å². The van der Waals surface area contributed by atoms with Crippen molar-refractivity contribution >= 4 is 11.9 Å². The van der Waals surface area contributed by atoms with Crippen molar-refractivity contribution in [2.24, 2.45) is 0 Å². The Morgan fingerprint density at radius 2 is 1.24 bits per heavy atom. The molecule has 0 spiro atoms. The van der Waals surface area contributed by atoms with Gasteiger partial charge in [-0.2, -0.15) is 0 Å². The monoisotopic (exact) mass is 460 g/mol. The van der Waals surface area contributed by atoms with Crippen molar-refractivity contribution < 1.29 is 24.5 Å². The summed E-state index contributed by atoms with van der Waals surface area (Å²) < 4.78 is 4.83. The molecule has 33 heavy (non-hydrogen) atoms. The van der Waals surface area contributed by atoms with Gasteiger partial charge in [0.1, 0.15) is 0 Å². The molecule has 1 aromatic rings. The Labute approximate surface area is 200 Å². The van der Waals surface area contributed by atoms with Gasteiger partial charge in [0.2, 0.25) is 0 Å². The highest BCUT2D eigenvalue weighted by atomic mass is 16.5. The van der Waals surface area contributed by atoms with Crippen LogP contribution in [0.25, 0.3) is 0 Å². The Kier molecular flexibility index (Phi) is 16.0. The van der Waals surface area contributed by atoms with Crippen molar-refractivity contribution in [1.29, 1.82) is 0 Å². The molecule has 0 radical (unpaired) electrons. The minimum absolute atomic E-state index is 0.00420. The number of aromatic carboxylic acids is 2. The Balaban J connectivity index is 0.000000953. The molecule has 0 aliphatic carbocycles. The summed E-state index contributed by atoms with van der Waals surface area (Å²) in [4.78, 5) is 23.4. The third-order valence-corrected chi connectivity index (χ3v) is 6.03. The lowest BCUT2D eigenvalue weighted by molar-refractivity contribution is 0.0650. The first-order chi connectivity index (χ1) is 16.0. The molecule has 0 amide bonds. The Hall–Kier alpha value is -2.14. The molecule has 0 bridgehead atoms. The van der Waals surface area contributed by atoms with Crippen molar-refractivity contribution in [3.63, 3.8) is 0 Å². The van der Waals surface area contributed by atoms with E-state index >= 15 is 0 Å². The minimum Gasteiger partial charge on any atom is -0.478 e. The van der Waals surface area contributed by atoms with Crippen LogP contribution in [0.2, 0.25) is 0 Å². The van der Waals surface area contributed by atoms with Gasteiger partial charge in [-0.15, -0.1) is 0 Å². The maximum Gasteiger partial charge on any atom is 0.336 e. The minimum atomic E-state index is -1.16. The smallest absolute Gasteiger partial charge is 0.336 e. The van der Waals surface area contributed by atoms with Gasteiger partial charge < -0.3 is 14.9 Å². The molecule has 186 valence electrons. The molecule has 1 aromatic carbocycles. The maximum absolute atomic E-state index is 11.9. The third kappa shape index (κ3) is 12.0. The highest BCUT2D eigenvalue weighted by Gasteiger charge is 2.22. The van der Waals surface area contributed by atoms with E-state index in [2.05, 4.69) is 13.8 Å². The lowest BCUT2D eigenvalue weighted by Crippen LogP contribution is -2.14. The van der Waals surface area contributed by atoms with Gasteiger partial charge in [-0.1, -0.05) is 96.3 Å². The average molecular weight is 461 g/mol. The number of rotatable bonds is 16. The first-order valence-corrected chi connectivity index (χ1v) is 12.9. The average Bonchev–Trinajstić information content (AvgIpc) is 3.38. The predicted octanol–water partition coefficient (Wildman–Crippen LogP) is 7.46. The van der Waals surface area contributed by atoms with Crippen molar-refractivity contribution in [2.45, 2.75) is 104 Å². The number of carbonyl (C=O) groups is 2. The molecule has 2 N–H and O–H groups in total. The summed E-state index contributed by atoms with van der Waals surface area (Å²) in [5, 5.41) is 19.1. The van der Waals surface area contributed by atoms with Gasteiger partial charge in [0, 0.05) is 0 Å². The molecule has 1 aliphatic rings. The first-order valence-electron chi connectivity index (χ1n) is 12.9. The number of unbranched alkanes of at least 4 members (excludes halogenated alkanes) is 10. The SMILES string of the molecule is C1=CCOC1.CCCCCCCCc1ccc(C(=O)O)c(C(=O)O)c1CCCCCCCC. The summed E-state index contributed by atoms with van der Waals surface area (Å²) in [5.41, 5.74) is 1.69. The van der Waals surface area contributed by atoms with Crippen molar-refractivity contribution in [2.75, 3.05) is 13.2 Å². The maximum atomic E-state index is 11.9. The zero-order chi connectivity index (χ0) is 24.3. The normalized spacial score (nSPS) is 12.4. The van der Waals surface area contributed by atoms with Crippen LogP contribution in [0, 0.1) is 0 Å². The van der Waals surface area contributed by atoms with Gasteiger partial charge >= 0.3 is 11.9 Å². The molecular formula is C28H44O5. The molecule has 1 aliphatic heterocycles. The summed E-state index contributed by atoms with van der Waals surface area (Å²) >= 11 is 0. The number of hydrogen-bond acceptors (Lipinski definition) is 3. The second kappa shape index (κ2) is 18.3. The fraction of sp³-hybridized carbons (Fsp3) is 0.643. The van der Waals surface area contributed by atoms with E-state index in [4.69, 9.17) is 4.74 Å². The molecule has 1 heterocycles. The Morgan fingerprint density at radius 1 is 0.727 bits per heavy atom. The van der Waals surface area contributed by atoms with Crippen LogP contribution in [0.15, 0.2) is 24.3 Å². The fourth-order valence-corrected chi connectivity index (χ4v) is 4.15. The number of carboxylic acid groups (broad SMARTS) is 2. The standard InChI is InChI=1S/C24H38O4.C4H6O/c1-3-5-7-9-11-13-15-19-17-18-21(23(25)26)22(24(27)28)20(19)16-14-12-10-8-6-4-2;1-2-4-5-3-1/h17-18H,3-16H2,1-2H3,(H,25,26)(H,27,28);1-2H,3-4H2. The van der Waals surface area contributed by atoms with Crippen LogP contribution in [0.5, 0.6) is 0 Å². The molecule has 0 saturated carbocycles. The molecule has 0 aromatic heterocycles. The number of ether oxygens (including phenoxy) is 1. The van der Waals surface area contributed by atoms with Crippen LogP contribution in [0.3, 0.4) is 0 Å². The van der Waals surface area contributed by atoms with E-state index in [1.807, 2.05) is 18.2 Å². The quantitative estimate of drug-likeness (QED) is 0.197. The van der Waals surface area contributed by atoms with Gasteiger partial charge in [0.25, 0.3) is 0 Å². The third-order valence-electron chi connectivity index (χ3n) is 6.03. The molecule has 0 fully saturated rings. The van der Waals surface area contributed by atoms with Crippen molar-refractivity contribution in [1.82, 2.24) is 0 Å². The van der Waals surface area contributed by atoms with E-state index in [0.717, 1.165) is 62.9 Å². The highest BCUT2D eigenvalue weighted by Crippen LogP contribution is 2.25. The fourth-order valence-electron chi connectivity index (χ4n) is 4.15. The molecule has 0 atom stereocenters. The van der Waals surface area contributed by atoms with E-state index in [9.17, 15) is 19.8 Å². The van der Waals surface area contributed by atoms with Crippen LogP contribution >= 0.6 is 0 Å².